The van der Waals surface area contributed by atoms with Crippen LogP contribution in [0.2, 0.25) is 0 Å². The third-order valence-corrected chi connectivity index (χ3v) is 3.37. The molecule has 2 aromatic rings. The first kappa shape index (κ1) is 13.1. The third kappa shape index (κ3) is 2.82. The van der Waals surface area contributed by atoms with Gasteiger partial charge in [-0.2, -0.15) is 4.98 Å². The molecule has 0 saturated carbocycles. The molecule has 5 nitrogen and oxygen atoms in total. The van der Waals surface area contributed by atoms with E-state index in [0.29, 0.717) is 12.5 Å². The molecule has 1 fully saturated rings. The molecule has 0 aliphatic carbocycles. The van der Waals surface area contributed by atoms with Gasteiger partial charge in [0, 0.05) is 5.56 Å². The first-order valence-corrected chi connectivity index (χ1v) is 7.17. The molecule has 2 heterocycles. The summed E-state index contributed by atoms with van der Waals surface area (Å²) in [6.07, 6.45) is 3.22. The summed E-state index contributed by atoms with van der Waals surface area (Å²) in [5.41, 5.74) is 0.898. The normalized spacial score (nSPS) is 18.4. The van der Waals surface area contributed by atoms with Gasteiger partial charge in [-0.25, -0.2) is 0 Å². The first-order valence-electron chi connectivity index (χ1n) is 7.17. The summed E-state index contributed by atoms with van der Waals surface area (Å²) in [6.45, 7) is 3.82. The smallest absolute Gasteiger partial charge is 0.258 e. The SMILES string of the molecule is CCCOc1cccc(-c2nc(C3CCCN3)no2)c1. The van der Waals surface area contributed by atoms with Crippen LogP contribution in [-0.4, -0.2) is 23.3 Å². The van der Waals surface area contributed by atoms with Gasteiger partial charge in [-0.05, 0) is 44.0 Å². The van der Waals surface area contributed by atoms with Crippen LogP contribution in [0.5, 0.6) is 5.75 Å². The Bertz CT molecular complexity index is 562. The van der Waals surface area contributed by atoms with Crippen LogP contribution < -0.4 is 10.1 Å². The van der Waals surface area contributed by atoms with Gasteiger partial charge in [0.2, 0.25) is 0 Å². The molecule has 5 heteroatoms. The van der Waals surface area contributed by atoms with E-state index in [9.17, 15) is 0 Å². The van der Waals surface area contributed by atoms with Gasteiger partial charge < -0.3 is 14.6 Å². The van der Waals surface area contributed by atoms with E-state index in [0.717, 1.165) is 42.9 Å². The van der Waals surface area contributed by atoms with Crippen LogP contribution in [0.1, 0.15) is 38.1 Å². The zero-order chi connectivity index (χ0) is 13.8. The zero-order valence-electron chi connectivity index (χ0n) is 11.6. The van der Waals surface area contributed by atoms with Crippen molar-refractivity contribution in [1.29, 1.82) is 0 Å². The summed E-state index contributed by atoms with van der Waals surface area (Å²) in [5, 5.41) is 7.44. The molecule has 1 unspecified atom stereocenters. The van der Waals surface area contributed by atoms with Crippen LogP contribution in [0.4, 0.5) is 0 Å². The molecule has 1 aliphatic heterocycles. The number of nitrogens with zero attached hydrogens (tertiary/aromatic N) is 2. The summed E-state index contributed by atoms with van der Waals surface area (Å²) >= 11 is 0. The van der Waals surface area contributed by atoms with Crippen LogP contribution in [-0.2, 0) is 0 Å². The van der Waals surface area contributed by atoms with E-state index >= 15 is 0 Å². The number of rotatable bonds is 5. The standard InChI is InChI=1S/C15H19N3O2/c1-2-9-19-12-6-3-5-11(10-12)15-17-14(18-20-15)13-7-4-8-16-13/h3,5-6,10,13,16H,2,4,7-9H2,1H3. The highest BCUT2D eigenvalue weighted by molar-refractivity contribution is 5.55. The van der Waals surface area contributed by atoms with Crippen molar-refractivity contribution in [3.63, 3.8) is 0 Å². The Morgan fingerprint density at radius 1 is 1.45 bits per heavy atom. The monoisotopic (exact) mass is 273 g/mol. The number of nitrogens with one attached hydrogen (secondary N) is 1. The number of benzene rings is 1. The Hall–Kier alpha value is -1.88. The average Bonchev–Trinajstić information content (AvgIpc) is 3.15. The van der Waals surface area contributed by atoms with Gasteiger partial charge in [-0.3, -0.25) is 0 Å². The summed E-state index contributed by atoms with van der Waals surface area (Å²) in [4.78, 5) is 4.49. The van der Waals surface area contributed by atoms with Crippen LogP contribution in [0.15, 0.2) is 28.8 Å². The fourth-order valence-corrected chi connectivity index (χ4v) is 2.34. The van der Waals surface area contributed by atoms with E-state index in [-0.39, 0.29) is 6.04 Å². The number of hydrogen-bond acceptors (Lipinski definition) is 5. The Balaban J connectivity index is 1.78. The lowest BCUT2D eigenvalue weighted by Gasteiger charge is -2.04. The highest BCUT2D eigenvalue weighted by atomic mass is 16.5. The molecular formula is C15H19N3O2. The maximum absolute atomic E-state index is 5.62. The molecule has 1 aliphatic rings. The highest BCUT2D eigenvalue weighted by Crippen LogP contribution is 2.26. The lowest BCUT2D eigenvalue weighted by Crippen LogP contribution is -2.14. The molecule has 1 atom stereocenters. The van der Waals surface area contributed by atoms with E-state index in [4.69, 9.17) is 9.26 Å². The fraction of sp³-hybridized carbons (Fsp3) is 0.467. The van der Waals surface area contributed by atoms with E-state index in [1.54, 1.807) is 0 Å². The molecule has 1 saturated heterocycles. The van der Waals surface area contributed by atoms with Gasteiger partial charge in [-0.15, -0.1) is 0 Å². The molecule has 106 valence electrons. The predicted octanol–water partition coefficient (Wildman–Crippen LogP) is 2.95. The van der Waals surface area contributed by atoms with Crippen molar-refractivity contribution in [2.24, 2.45) is 0 Å². The van der Waals surface area contributed by atoms with E-state index in [1.165, 1.54) is 0 Å². The Labute approximate surface area is 118 Å². The molecule has 3 rings (SSSR count). The Morgan fingerprint density at radius 3 is 3.20 bits per heavy atom. The quantitative estimate of drug-likeness (QED) is 0.907. The lowest BCUT2D eigenvalue weighted by molar-refractivity contribution is 0.317. The number of ether oxygens (including phenoxy) is 1. The van der Waals surface area contributed by atoms with Crippen molar-refractivity contribution in [1.82, 2.24) is 15.5 Å². The molecule has 0 bridgehead atoms. The molecule has 0 radical (unpaired) electrons. The first-order chi connectivity index (χ1) is 9.86. The minimum absolute atomic E-state index is 0.229. The second kappa shape index (κ2) is 6.05. The van der Waals surface area contributed by atoms with Gasteiger partial charge in [-0.1, -0.05) is 18.1 Å². The Morgan fingerprint density at radius 2 is 2.40 bits per heavy atom. The van der Waals surface area contributed by atoms with Crippen molar-refractivity contribution in [3.05, 3.63) is 30.1 Å². The van der Waals surface area contributed by atoms with Crippen molar-refractivity contribution < 1.29 is 9.26 Å². The summed E-state index contributed by atoms with van der Waals surface area (Å²) < 4.78 is 11.0. The zero-order valence-corrected chi connectivity index (χ0v) is 11.6. The maximum Gasteiger partial charge on any atom is 0.258 e. The second-order valence-electron chi connectivity index (χ2n) is 4.98. The second-order valence-corrected chi connectivity index (χ2v) is 4.98. The van der Waals surface area contributed by atoms with E-state index in [2.05, 4.69) is 22.4 Å². The van der Waals surface area contributed by atoms with Gasteiger partial charge in [0.05, 0.1) is 12.6 Å². The maximum atomic E-state index is 5.62. The van der Waals surface area contributed by atoms with Gasteiger partial charge in [0.1, 0.15) is 5.75 Å². The highest BCUT2D eigenvalue weighted by Gasteiger charge is 2.22. The molecule has 1 N–H and O–H groups in total. The van der Waals surface area contributed by atoms with E-state index in [1.807, 2.05) is 24.3 Å². The molecule has 0 amide bonds. The molecular weight excluding hydrogens is 254 g/mol. The largest absolute Gasteiger partial charge is 0.494 e. The summed E-state index contributed by atoms with van der Waals surface area (Å²) in [7, 11) is 0. The van der Waals surface area contributed by atoms with Gasteiger partial charge >= 0.3 is 0 Å². The molecule has 1 aromatic carbocycles. The number of aromatic nitrogens is 2. The molecule has 0 spiro atoms. The van der Waals surface area contributed by atoms with Crippen LogP contribution in [0.3, 0.4) is 0 Å². The van der Waals surface area contributed by atoms with Crippen molar-refractivity contribution >= 4 is 0 Å². The summed E-state index contributed by atoms with van der Waals surface area (Å²) in [6, 6.07) is 8.01. The third-order valence-electron chi connectivity index (χ3n) is 3.37. The van der Waals surface area contributed by atoms with Crippen LogP contribution in [0, 0.1) is 0 Å². The minimum Gasteiger partial charge on any atom is -0.494 e. The van der Waals surface area contributed by atoms with Crippen molar-refractivity contribution in [2.75, 3.05) is 13.2 Å². The lowest BCUT2D eigenvalue weighted by atomic mass is 10.2. The minimum atomic E-state index is 0.229. The van der Waals surface area contributed by atoms with Gasteiger partial charge in [0.25, 0.3) is 5.89 Å². The van der Waals surface area contributed by atoms with Crippen molar-refractivity contribution in [3.8, 4) is 17.2 Å². The van der Waals surface area contributed by atoms with Crippen LogP contribution >= 0.6 is 0 Å². The van der Waals surface area contributed by atoms with E-state index < -0.39 is 0 Å². The summed E-state index contributed by atoms with van der Waals surface area (Å²) in [5.74, 6) is 2.14. The topological polar surface area (TPSA) is 60.2 Å². The number of hydrogen-bond donors (Lipinski definition) is 1. The predicted molar refractivity (Wildman–Crippen MR) is 75.5 cm³/mol. The fourth-order valence-electron chi connectivity index (χ4n) is 2.34. The Kier molecular flexibility index (Phi) is 3.97. The molecule has 20 heavy (non-hydrogen) atoms. The van der Waals surface area contributed by atoms with Crippen LogP contribution in [0.25, 0.3) is 11.5 Å². The average molecular weight is 273 g/mol. The molecule has 1 aromatic heterocycles. The van der Waals surface area contributed by atoms with Gasteiger partial charge in [0.15, 0.2) is 5.82 Å². The van der Waals surface area contributed by atoms with Crippen molar-refractivity contribution in [2.45, 2.75) is 32.2 Å².